The molecule has 6 nitrogen and oxygen atoms in total. The van der Waals surface area contributed by atoms with Crippen molar-refractivity contribution in [1.29, 1.82) is 0 Å². The molecular formula is C22H21F2N5O. The van der Waals surface area contributed by atoms with Gasteiger partial charge in [-0.15, -0.1) is 0 Å². The first-order valence-electron chi connectivity index (χ1n) is 9.76. The summed E-state index contributed by atoms with van der Waals surface area (Å²) >= 11 is 0. The Balaban J connectivity index is 1.65. The lowest BCUT2D eigenvalue weighted by Crippen LogP contribution is -2.30. The Labute approximate surface area is 172 Å². The average molecular weight is 409 g/mol. The number of nitrogen functional groups attached to an aromatic ring is 1. The molecule has 1 amide bonds. The minimum atomic E-state index is -0.765. The number of aromatic nitrogens is 2. The number of nitrogens with two attached hydrogens (primary N) is 1. The molecule has 1 aromatic carbocycles. The molecule has 2 aromatic heterocycles. The zero-order chi connectivity index (χ0) is 21.1. The summed E-state index contributed by atoms with van der Waals surface area (Å²) in [6, 6.07) is 8.19. The number of benzene rings is 1. The molecule has 0 spiro atoms. The molecule has 30 heavy (non-hydrogen) atoms. The van der Waals surface area contributed by atoms with Crippen LogP contribution in [0.4, 0.5) is 25.8 Å². The molecular weight excluding hydrogens is 388 g/mol. The molecule has 0 atom stereocenters. The van der Waals surface area contributed by atoms with E-state index in [2.05, 4.69) is 20.2 Å². The molecule has 8 heteroatoms. The number of halogens is 2. The average Bonchev–Trinajstić information content (AvgIpc) is 2.75. The van der Waals surface area contributed by atoms with Gasteiger partial charge >= 0.3 is 0 Å². The third kappa shape index (κ3) is 3.94. The monoisotopic (exact) mass is 409 g/mol. The van der Waals surface area contributed by atoms with Crippen LogP contribution in [0.3, 0.4) is 0 Å². The third-order valence-electron chi connectivity index (χ3n) is 5.10. The molecule has 0 unspecified atom stereocenters. The second kappa shape index (κ2) is 8.44. The van der Waals surface area contributed by atoms with E-state index >= 15 is 0 Å². The number of carbonyl (C=O) groups is 1. The summed E-state index contributed by atoms with van der Waals surface area (Å²) in [5.74, 6) is -2.10. The Hall–Kier alpha value is -3.55. The molecule has 1 saturated heterocycles. The number of hydrogen-bond donors (Lipinski definition) is 2. The van der Waals surface area contributed by atoms with Crippen LogP contribution in [0.15, 0.2) is 48.8 Å². The number of amides is 1. The van der Waals surface area contributed by atoms with Crippen molar-refractivity contribution in [3.05, 3.63) is 66.1 Å². The summed E-state index contributed by atoms with van der Waals surface area (Å²) in [6.07, 6.45) is 6.59. The van der Waals surface area contributed by atoms with Crippen LogP contribution < -0.4 is 16.0 Å². The van der Waals surface area contributed by atoms with Crippen LogP contribution in [0.2, 0.25) is 0 Å². The zero-order valence-corrected chi connectivity index (χ0v) is 16.2. The van der Waals surface area contributed by atoms with E-state index < -0.39 is 17.5 Å². The van der Waals surface area contributed by atoms with Crippen LogP contribution in [0.5, 0.6) is 0 Å². The maximum atomic E-state index is 14.1. The molecule has 1 aliphatic heterocycles. The highest BCUT2D eigenvalue weighted by molar-refractivity contribution is 6.07. The van der Waals surface area contributed by atoms with Crippen LogP contribution >= 0.6 is 0 Å². The summed E-state index contributed by atoms with van der Waals surface area (Å²) in [5.41, 5.74) is 7.04. The molecule has 0 bridgehead atoms. The van der Waals surface area contributed by atoms with Crippen LogP contribution in [0.25, 0.3) is 11.3 Å². The van der Waals surface area contributed by atoms with Crippen molar-refractivity contribution in [3.8, 4) is 11.3 Å². The van der Waals surface area contributed by atoms with Gasteiger partial charge < -0.3 is 16.0 Å². The fraction of sp³-hybridized carbons (Fsp3) is 0.227. The lowest BCUT2D eigenvalue weighted by Gasteiger charge is -2.30. The lowest BCUT2D eigenvalue weighted by atomic mass is 10.1. The standard InChI is InChI=1S/C22H21F2N5O/c23-14-5-4-6-15(24)20(14)17-8-7-16(25)21(27-17)22(30)28-18-13-26-10-9-19(18)29-11-2-1-3-12-29/h4-10,13H,1-3,11-12,25H2,(H,28,30). The number of nitrogens with zero attached hydrogens (tertiary/aromatic N) is 3. The second-order valence-corrected chi connectivity index (χ2v) is 7.13. The largest absolute Gasteiger partial charge is 0.397 e. The number of hydrogen-bond acceptors (Lipinski definition) is 5. The molecule has 0 radical (unpaired) electrons. The van der Waals surface area contributed by atoms with Gasteiger partial charge in [-0.1, -0.05) is 6.07 Å². The highest BCUT2D eigenvalue weighted by atomic mass is 19.1. The third-order valence-corrected chi connectivity index (χ3v) is 5.10. The summed E-state index contributed by atoms with van der Waals surface area (Å²) < 4.78 is 28.3. The summed E-state index contributed by atoms with van der Waals surface area (Å²) in [4.78, 5) is 23.4. The molecule has 3 heterocycles. The molecule has 3 N–H and O–H groups in total. The maximum absolute atomic E-state index is 14.1. The van der Waals surface area contributed by atoms with Gasteiger partial charge in [0.15, 0.2) is 5.69 Å². The van der Waals surface area contributed by atoms with E-state index in [1.165, 1.54) is 24.6 Å². The normalized spacial score (nSPS) is 13.9. The number of nitrogens with one attached hydrogen (secondary N) is 1. The van der Waals surface area contributed by atoms with E-state index in [1.807, 2.05) is 6.07 Å². The van der Waals surface area contributed by atoms with Gasteiger partial charge in [-0.2, -0.15) is 0 Å². The van der Waals surface area contributed by atoms with E-state index in [9.17, 15) is 13.6 Å². The first-order chi connectivity index (χ1) is 14.5. The van der Waals surface area contributed by atoms with Crippen LogP contribution in [-0.4, -0.2) is 29.0 Å². The van der Waals surface area contributed by atoms with Gasteiger partial charge in [0.2, 0.25) is 0 Å². The molecule has 1 aliphatic rings. The van der Waals surface area contributed by atoms with Crippen molar-refractivity contribution in [2.45, 2.75) is 19.3 Å². The van der Waals surface area contributed by atoms with Gasteiger partial charge in [-0.25, -0.2) is 13.8 Å². The number of rotatable bonds is 4. The maximum Gasteiger partial charge on any atom is 0.276 e. The van der Waals surface area contributed by atoms with E-state index in [4.69, 9.17) is 5.73 Å². The zero-order valence-electron chi connectivity index (χ0n) is 16.2. The number of carbonyl (C=O) groups excluding carboxylic acids is 1. The molecule has 0 aliphatic carbocycles. The summed E-state index contributed by atoms with van der Waals surface area (Å²) in [7, 11) is 0. The van der Waals surface area contributed by atoms with Gasteiger partial charge in [0.1, 0.15) is 11.6 Å². The van der Waals surface area contributed by atoms with E-state index in [1.54, 1.807) is 12.4 Å². The van der Waals surface area contributed by atoms with Crippen molar-refractivity contribution in [1.82, 2.24) is 9.97 Å². The Bertz CT molecular complexity index is 1060. The van der Waals surface area contributed by atoms with Gasteiger partial charge in [0, 0.05) is 19.3 Å². The van der Waals surface area contributed by atoms with Crippen molar-refractivity contribution in [3.63, 3.8) is 0 Å². The fourth-order valence-electron chi connectivity index (χ4n) is 3.61. The minimum absolute atomic E-state index is 0.00705. The lowest BCUT2D eigenvalue weighted by molar-refractivity contribution is 0.102. The SMILES string of the molecule is Nc1ccc(-c2c(F)cccc2F)nc1C(=O)Nc1cnccc1N1CCCCC1. The van der Waals surface area contributed by atoms with Gasteiger partial charge in [0.25, 0.3) is 5.91 Å². The summed E-state index contributed by atoms with van der Waals surface area (Å²) in [6.45, 7) is 1.80. The van der Waals surface area contributed by atoms with Crippen LogP contribution in [0, 0.1) is 11.6 Å². The molecule has 1 fully saturated rings. The van der Waals surface area contributed by atoms with Crippen LogP contribution in [0.1, 0.15) is 29.8 Å². The van der Waals surface area contributed by atoms with E-state index in [0.717, 1.165) is 43.8 Å². The van der Waals surface area contributed by atoms with Crippen molar-refractivity contribution in [2.75, 3.05) is 29.0 Å². The number of anilines is 3. The number of piperidine rings is 1. The Morgan fingerprint density at radius 1 is 1.03 bits per heavy atom. The van der Waals surface area contributed by atoms with Gasteiger partial charge in [0.05, 0.1) is 34.5 Å². The minimum Gasteiger partial charge on any atom is -0.397 e. The van der Waals surface area contributed by atoms with Crippen LogP contribution in [-0.2, 0) is 0 Å². The predicted molar refractivity (Wildman–Crippen MR) is 112 cm³/mol. The molecule has 154 valence electrons. The topological polar surface area (TPSA) is 84.1 Å². The van der Waals surface area contributed by atoms with Crippen molar-refractivity contribution < 1.29 is 13.6 Å². The fourth-order valence-corrected chi connectivity index (χ4v) is 3.61. The first-order valence-corrected chi connectivity index (χ1v) is 9.76. The molecule has 4 rings (SSSR count). The van der Waals surface area contributed by atoms with E-state index in [-0.39, 0.29) is 22.6 Å². The molecule has 0 saturated carbocycles. The highest BCUT2D eigenvalue weighted by Gasteiger charge is 2.20. The Morgan fingerprint density at radius 2 is 1.77 bits per heavy atom. The van der Waals surface area contributed by atoms with Gasteiger partial charge in [-0.05, 0) is 49.6 Å². The smallest absolute Gasteiger partial charge is 0.276 e. The molecule has 3 aromatic rings. The summed E-state index contributed by atoms with van der Waals surface area (Å²) in [5, 5.41) is 2.80. The Morgan fingerprint density at radius 3 is 2.50 bits per heavy atom. The number of pyridine rings is 2. The second-order valence-electron chi connectivity index (χ2n) is 7.13. The quantitative estimate of drug-likeness (QED) is 0.673. The van der Waals surface area contributed by atoms with Gasteiger partial charge in [-0.3, -0.25) is 9.78 Å². The first kappa shape index (κ1) is 19.8. The van der Waals surface area contributed by atoms with E-state index in [0.29, 0.717) is 5.69 Å². The highest BCUT2D eigenvalue weighted by Crippen LogP contribution is 2.29. The van der Waals surface area contributed by atoms with Crippen molar-refractivity contribution in [2.24, 2.45) is 0 Å². The van der Waals surface area contributed by atoms with Crippen molar-refractivity contribution >= 4 is 23.0 Å². The predicted octanol–water partition coefficient (Wildman–Crippen LogP) is 4.25. The Kier molecular flexibility index (Phi) is 5.56.